The Balaban J connectivity index is 1.39. The van der Waals surface area contributed by atoms with Gasteiger partial charge < -0.3 is 20.8 Å². The Morgan fingerprint density at radius 2 is 2.15 bits per heavy atom. The Morgan fingerprint density at radius 3 is 2.96 bits per heavy atom. The number of amidine groups is 1. The Morgan fingerprint density at radius 1 is 1.30 bits per heavy atom. The average molecular weight is 362 g/mol. The monoisotopic (exact) mass is 362 g/mol. The predicted octanol–water partition coefficient (Wildman–Crippen LogP) is 3.06. The fourth-order valence-corrected chi connectivity index (χ4v) is 3.52. The van der Waals surface area contributed by atoms with Crippen LogP contribution in [-0.4, -0.2) is 29.9 Å². The molecule has 0 saturated carbocycles. The molecule has 0 radical (unpaired) electrons. The van der Waals surface area contributed by atoms with Gasteiger partial charge in [0, 0.05) is 34.5 Å². The molecule has 1 aliphatic heterocycles. The molecule has 0 aliphatic carbocycles. The van der Waals surface area contributed by atoms with Crippen LogP contribution < -0.4 is 15.8 Å². The molecule has 1 atom stereocenters. The van der Waals surface area contributed by atoms with Crippen molar-refractivity contribution < 1.29 is 9.53 Å². The SMILES string of the molecule is Cc1ccc2[nH]c(C(=O)NCCC3COc4ccc(C(=N)N)cc43)cc2c1. The zero-order chi connectivity index (χ0) is 19.0. The Kier molecular flexibility index (Phi) is 4.32. The highest BCUT2D eigenvalue weighted by molar-refractivity contribution is 5.98. The van der Waals surface area contributed by atoms with Crippen molar-refractivity contribution in [1.29, 1.82) is 5.41 Å². The standard InChI is InChI=1S/C21H22N4O2/c1-12-2-4-17-15(8-12)10-18(25-17)21(26)24-7-6-14-11-27-19-5-3-13(20(22)23)9-16(14)19/h2-5,8-10,14,25H,6-7,11H2,1H3,(H3,22,23)(H,24,26). The number of aromatic nitrogens is 1. The van der Waals surface area contributed by atoms with Gasteiger partial charge in [-0.1, -0.05) is 11.6 Å². The van der Waals surface area contributed by atoms with Crippen molar-refractivity contribution in [1.82, 2.24) is 10.3 Å². The summed E-state index contributed by atoms with van der Waals surface area (Å²) >= 11 is 0. The van der Waals surface area contributed by atoms with Crippen molar-refractivity contribution in [2.24, 2.45) is 5.73 Å². The fraction of sp³-hybridized carbons (Fsp3) is 0.238. The summed E-state index contributed by atoms with van der Waals surface area (Å²) < 4.78 is 5.71. The molecule has 0 spiro atoms. The molecule has 1 aromatic heterocycles. The lowest BCUT2D eigenvalue weighted by molar-refractivity contribution is 0.0948. The molecule has 6 heteroatoms. The van der Waals surface area contributed by atoms with Gasteiger partial charge in [-0.25, -0.2) is 0 Å². The molecular weight excluding hydrogens is 340 g/mol. The second-order valence-corrected chi connectivity index (χ2v) is 6.99. The third-order valence-electron chi connectivity index (χ3n) is 5.00. The highest BCUT2D eigenvalue weighted by Crippen LogP contribution is 2.36. The fourth-order valence-electron chi connectivity index (χ4n) is 3.52. The van der Waals surface area contributed by atoms with Crippen molar-refractivity contribution in [2.75, 3.05) is 13.2 Å². The molecule has 27 heavy (non-hydrogen) atoms. The van der Waals surface area contributed by atoms with E-state index in [4.69, 9.17) is 15.9 Å². The van der Waals surface area contributed by atoms with E-state index in [9.17, 15) is 4.79 Å². The maximum absolute atomic E-state index is 12.4. The van der Waals surface area contributed by atoms with Crippen molar-refractivity contribution in [3.63, 3.8) is 0 Å². The van der Waals surface area contributed by atoms with Crippen LogP contribution >= 0.6 is 0 Å². The predicted molar refractivity (Wildman–Crippen MR) is 106 cm³/mol. The molecule has 1 aliphatic rings. The summed E-state index contributed by atoms with van der Waals surface area (Å²) in [7, 11) is 0. The highest BCUT2D eigenvalue weighted by Gasteiger charge is 2.24. The molecular formula is C21H22N4O2. The smallest absolute Gasteiger partial charge is 0.267 e. The Labute approximate surface area is 157 Å². The van der Waals surface area contributed by atoms with Crippen LogP contribution in [0.15, 0.2) is 42.5 Å². The zero-order valence-electron chi connectivity index (χ0n) is 15.1. The first-order chi connectivity index (χ1) is 13.0. The molecule has 138 valence electrons. The molecule has 3 aromatic rings. The van der Waals surface area contributed by atoms with Crippen LogP contribution in [0.4, 0.5) is 0 Å². The number of aryl methyl sites for hydroxylation is 1. The third kappa shape index (κ3) is 3.38. The summed E-state index contributed by atoms with van der Waals surface area (Å²) in [4.78, 5) is 15.6. The molecule has 2 aromatic carbocycles. The third-order valence-corrected chi connectivity index (χ3v) is 5.00. The number of ether oxygens (including phenoxy) is 1. The molecule has 6 nitrogen and oxygen atoms in total. The number of nitrogens with two attached hydrogens (primary N) is 1. The number of benzene rings is 2. The second-order valence-electron chi connectivity index (χ2n) is 6.99. The molecule has 0 fully saturated rings. The van der Waals surface area contributed by atoms with Gasteiger partial charge in [-0.15, -0.1) is 0 Å². The van der Waals surface area contributed by atoms with E-state index in [-0.39, 0.29) is 17.7 Å². The summed E-state index contributed by atoms with van der Waals surface area (Å²) in [6, 6.07) is 13.5. The number of carbonyl (C=O) groups is 1. The first kappa shape index (κ1) is 17.1. The van der Waals surface area contributed by atoms with E-state index >= 15 is 0 Å². The van der Waals surface area contributed by atoms with E-state index in [1.807, 2.05) is 37.3 Å². The first-order valence-corrected chi connectivity index (χ1v) is 9.00. The van der Waals surface area contributed by atoms with Gasteiger partial charge in [-0.05, 0) is 49.7 Å². The van der Waals surface area contributed by atoms with Gasteiger partial charge >= 0.3 is 0 Å². The minimum absolute atomic E-state index is 0.0470. The Bertz CT molecular complexity index is 1040. The van der Waals surface area contributed by atoms with E-state index in [0.717, 1.165) is 28.6 Å². The van der Waals surface area contributed by atoms with Gasteiger partial charge in [-0.2, -0.15) is 0 Å². The topological polar surface area (TPSA) is 104 Å². The summed E-state index contributed by atoms with van der Waals surface area (Å²) in [5.41, 5.74) is 10.0. The largest absolute Gasteiger partial charge is 0.493 e. The van der Waals surface area contributed by atoms with Crippen LogP contribution in [0.1, 0.15) is 39.5 Å². The highest BCUT2D eigenvalue weighted by atomic mass is 16.5. The normalized spacial score (nSPS) is 15.4. The van der Waals surface area contributed by atoms with Gasteiger partial charge in [0.2, 0.25) is 0 Å². The molecule has 0 saturated heterocycles. The minimum atomic E-state index is -0.111. The lowest BCUT2D eigenvalue weighted by Gasteiger charge is -2.10. The van der Waals surface area contributed by atoms with E-state index in [1.54, 1.807) is 6.07 Å². The zero-order valence-corrected chi connectivity index (χ0v) is 15.1. The van der Waals surface area contributed by atoms with E-state index in [2.05, 4.69) is 16.4 Å². The van der Waals surface area contributed by atoms with Crippen molar-refractivity contribution in [3.05, 3.63) is 64.8 Å². The molecule has 4 rings (SSSR count). The molecule has 2 heterocycles. The number of fused-ring (bicyclic) bond motifs is 2. The number of hydrogen-bond donors (Lipinski definition) is 4. The number of nitrogens with one attached hydrogen (secondary N) is 3. The van der Waals surface area contributed by atoms with Crippen LogP contribution in [0.2, 0.25) is 0 Å². The molecule has 5 N–H and O–H groups in total. The summed E-state index contributed by atoms with van der Waals surface area (Å²) in [5, 5.41) is 11.6. The van der Waals surface area contributed by atoms with Gasteiger partial charge in [0.15, 0.2) is 0 Å². The lowest BCUT2D eigenvalue weighted by atomic mass is 9.96. The van der Waals surface area contributed by atoms with Gasteiger partial charge in [0.05, 0.1) is 6.61 Å². The second kappa shape index (κ2) is 6.79. The van der Waals surface area contributed by atoms with Crippen LogP contribution in [0.25, 0.3) is 10.9 Å². The van der Waals surface area contributed by atoms with Crippen LogP contribution in [0, 0.1) is 12.3 Å². The molecule has 1 unspecified atom stereocenters. The quantitative estimate of drug-likeness (QED) is 0.414. The van der Waals surface area contributed by atoms with Crippen LogP contribution in [0.3, 0.4) is 0 Å². The van der Waals surface area contributed by atoms with Crippen molar-refractivity contribution in [3.8, 4) is 5.75 Å². The lowest BCUT2D eigenvalue weighted by Crippen LogP contribution is -2.26. The van der Waals surface area contributed by atoms with Crippen LogP contribution in [-0.2, 0) is 0 Å². The van der Waals surface area contributed by atoms with Crippen molar-refractivity contribution in [2.45, 2.75) is 19.3 Å². The maximum Gasteiger partial charge on any atom is 0.267 e. The van der Waals surface area contributed by atoms with Crippen molar-refractivity contribution >= 4 is 22.6 Å². The molecule has 1 amide bonds. The number of H-pyrrole nitrogens is 1. The van der Waals surface area contributed by atoms with E-state index in [1.165, 1.54) is 5.56 Å². The molecule has 0 bridgehead atoms. The van der Waals surface area contributed by atoms with Gasteiger partial charge in [0.1, 0.15) is 17.3 Å². The maximum atomic E-state index is 12.4. The summed E-state index contributed by atoms with van der Waals surface area (Å²) in [6.45, 7) is 3.16. The van der Waals surface area contributed by atoms with E-state index < -0.39 is 0 Å². The number of aromatic amines is 1. The number of amides is 1. The van der Waals surface area contributed by atoms with Gasteiger partial charge in [-0.3, -0.25) is 10.2 Å². The number of hydrogen-bond acceptors (Lipinski definition) is 3. The average Bonchev–Trinajstić information content (AvgIpc) is 3.24. The first-order valence-electron chi connectivity index (χ1n) is 9.00. The number of carbonyl (C=O) groups excluding carboxylic acids is 1. The minimum Gasteiger partial charge on any atom is -0.493 e. The van der Waals surface area contributed by atoms with E-state index in [0.29, 0.717) is 24.4 Å². The summed E-state index contributed by atoms with van der Waals surface area (Å²) in [6.07, 6.45) is 0.763. The number of nitrogen functional groups attached to an aromatic ring is 1. The Hall–Kier alpha value is -3.28. The number of rotatable bonds is 5. The van der Waals surface area contributed by atoms with Gasteiger partial charge in [0.25, 0.3) is 5.91 Å². The van der Waals surface area contributed by atoms with Crippen LogP contribution in [0.5, 0.6) is 5.75 Å². The summed E-state index contributed by atoms with van der Waals surface area (Å²) in [5.74, 6) is 0.957.